The average molecular weight is 271 g/mol. The zero-order valence-electron chi connectivity index (χ0n) is 11.0. The summed E-state index contributed by atoms with van der Waals surface area (Å²) >= 11 is 0. The first kappa shape index (κ1) is 12.2. The van der Waals surface area contributed by atoms with E-state index in [1.807, 2.05) is 18.2 Å². The minimum atomic E-state index is 0.187. The summed E-state index contributed by atoms with van der Waals surface area (Å²) in [5.41, 5.74) is 7.87. The highest BCUT2D eigenvalue weighted by Crippen LogP contribution is 2.33. The van der Waals surface area contributed by atoms with Gasteiger partial charge in [-0.1, -0.05) is 0 Å². The predicted molar refractivity (Wildman–Crippen MR) is 74.6 cm³/mol. The number of methoxy groups -OCH3 is 2. The fraction of sp³-hybridized carbons (Fsp3) is 0.154. The van der Waals surface area contributed by atoms with Crippen LogP contribution >= 0.6 is 0 Å². The van der Waals surface area contributed by atoms with E-state index >= 15 is 0 Å². The summed E-state index contributed by atoms with van der Waals surface area (Å²) in [6.45, 7) is 0. The van der Waals surface area contributed by atoms with Gasteiger partial charge in [-0.15, -0.1) is 0 Å². The molecular formula is C13H13N5O2. The van der Waals surface area contributed by atoms with Crippen LogP contribution in [0.3, 0.4) is 0 Å². The molecule has 0 radical (unpaired) electrons. The maximum atomic E-state index is 5.72. The summed E-state index contributed by atoms with van der Waals surface area (Å²) in [4.78, 5) is 8.38. The zero-order chi connectivity index (χ0) is 14.1. The molecule has 20 heavy (non-hydrogen) atoms. The standard InChI is InChI=1S/C13H13N5O2/c1-19-9-4-3-7(5-10(9)20-2)11-8-6-15-18-12(8)17-13(14)16-11/h3-6H,1-2H3,(H3,14,15,16,17,18). The number of nitrogens with zero attached hydrogens (tertiary/aromatic N) is 3. The van der Waals surface area contributed by atoms with Crippen LogP contribution in [0.25, 0.3) is 22.3 Å². The van der Waals surface area contributed by atoms with Gasteiger partial charge in [0, 0.05) is 5.56 Å². The molecular weight excluding hydrogens is 258 g/mol. The van der Waals surface area contributed by atoms with Crippen LogP contribution in [-0.2, 0) is 0 Å². The van der Waals surface area contributed by atoms with E-state index in [0.717, 1.165) is 10.9 Å². The maximum absolute atomic E-state index is 5.72. The minimum Gasteiger partial charge on any atom is -0.493 e. The van der Waals surface area contributed by atoms with Gasteiger partial charge in [0.2, 0.25) is 5.95 Å². The molecule has 0 aliphatic carbocycles. The molecule has 0 unspecified atom stereocenters. The number of nitrogen functional groups attached to an aromatic ring is 1. The van der Waals surface area contributed by atoms with Gasteiger partial charge in [0.25, 0.3) is 0 Å². The molecule has 0 amide bonds. The first-order valence-electron chi connectivity index (χ1n) is 5.92. The fourth-order valence-electron chi connectivity index (χ4n) is 2.06. The van der Waals surface area contributed by atoms with Crippen molar-refractivity contribution in [3.8, 4) is 22.8 Å². The molecule has 0 atom stereocenters. The van der Waals surface area contributed by atoms with Crippen molar-refractivity contribution < 1.29 is 9.47 Å². The summed E-state index contributed by atoms with van der Waals surface area (Å²) in [5.74, 6) is 1.46. The molecule has 7 heteroatoms. The van der Waals surface area contributed by atoms with E-state index in [1.54, 1.807) is 20.4 Å². The highest BCUT2D eigenvalue weighted by Gasteiger charge is 2.13. The number of aromatic nitrogens is 4. The van der Waals surface area contributed by atoms with Crippen LogP contribution in [0.1, 0.15) is 0 Å². The number of ether oxygens (including phenoxy) is 2. The van der Waals surface area contributed by atoms with Crippen molar-refractivity contribution in [2.45, 2.75) is 0 Å². The van der Waals surface area contributed by atoms with Gasteiger partial charge in [-0.25, -0.2) is 4.98 Å². The van der Waals surface area contributed by atoms with Crippen LogP contribution in [0, 0.1) is 0 Å². The molecule has 3 rings (SSSR count). The maximum Gasteiger partial charge on any atom is 0.222 e. The van der Waals surface area contributed by atoms with Crippen molar-refractivity contribution in [3.05, 3.63) is 24.4 Å². The lowest BCUT2D eigenvalue weighted by Crippen LogP contribution is -1.98. The monoisotopic (exact) mass is 271 g/mol. The predicted octanol–water partition coefficient (Wildman–Crippen LogP) is 1.62. The average Bonchev–Trinajstić information content (AvgIpc) is 2.93. The van der Waals surface area contributed by atoms with Crippen LogP contribution in [-0.4, -0.2) is 34.4 Å². The van der Waals surface area contributed by atoms with Gasteiger partial charge in [0.1, 0.15) is 0 Å². The lowest BCUT2D eigenvalue weighted by molar-refractivity contribution is 0.355. The Morgan fingerprint density at radius 3 is 2.65 bits per heavy atom. The summed E-state index contributed by atoms with van der Waals surface area (Å²) < 4.78 is 10.5. The largest absolute Gasteiger partial charge is 0.493 e. The Hall–Kier alpha value is -2.83. The topological polar surface area (TPSA) is 98.9 Å². The van der Waals surface area contributed by atoms with Gasteiger partial charge in [-0.05, 0) is 18.2 Å². The third-order valence-corrected chi connectivity index (χ3v) is 2.98. The van der Waals surface area contributed by atoms with Crippen LogP contribution < -0.4 is 15.2 Å². The molecule has 3 aromatic rings. The second kappa shape index (κ2) is 4.69. The molecule has 3 N–H and O–H groups in total. The number of H-pyrrole nitrogens is 1. The Bertz CT molecular complexity index is 769. The van der Waals surface area contributed by atoms with Gasteiger partial charge >= 0.3 is 0 Å². The van der Waals surface area contributed by atoms with Crippen molar-refractivity contribution in [1.29, 1.82) is 0 Å². The zero-order valence-corrected chi connectivity index (χ0v) is 11.0. The van der Waals surface area contributed by atoms with E-state index in [-0.39, 0.29) is 5.95 Å². The van der Waals surface area contributed by atoms with Crippen molar-refractivity contribution in [2.75, 3.05) is 20.0 Å². The fourth-order valence-corrected chi connectivity index (χ4v) is 2.06. The second-order valence-electron chi connectivity index (χ2n) is 4.13. The number of hydrogen-bond acceptors (Lipinski definition) is 6. The second-order valence-corrected chi connectivity index (χ2v) is 4.13. The number of fused-ring (bicyclic) bond motifs is 1. The van der Waals surface area contributed by atoms with Gasteiger partial charge in [0.15, 0.2) is 17.1 Å². The molecule has 0 aliphatic heterocycles. The van der Waals surface area contributed by atoms with Gasteiger partial charge in [-0.2, -0.15) is 10.1 Å². The molecule has 0 saturated heterocycles. The summed E-state index contributed by atoms with van der Waals surface area (Å²) in [7, 11) is 3.18. The number of nitrogens with one attached hydrogen (secondary N) is 1. The number of aromatic amines is 1. The lowest BCUT2D eigenvalue weighted by Gasteiger charge is -2.10. The van der Waals surface area contributed by atoms with Crippen molar-refractivity contribution in [1.82, 2.24) is 20.2 Å². The first-order valence-corrected chi connectivity index (χ1v) is 5.92. The molecule has 2 aromatic heterocycles. The van der Waals surface area contributed by atoms with E-state index in [1.165, 1.54) is 0 Å². The number of anilines is 1. The Balaban J connectivity index is 2.22. The quantitative estimate of drug-likeness (QED) is 0.751. The van der Waals surface area contributed by atoms with E-state index in [2.05, 4.69) is 20.2 Å². The molecule has 102 valence electrons. The summed E-state index contributed by atoms with van der Waals surface area (Å²) in [6.07, 6.45) is 1.67. The van der Waals surface area contributed by atoms with E-state index < -0.39 is 0 Å². The Labute approximate surface area is 114 Å². The number of rotatable bonds is 3. The molecule has 0 aliphatic rings. The van der Waals surface area contributed by atoms with Crippen LogP contribution in [0.4, 0.5) is 5.95 Å². The number of benzene rings is 1. The summed E-state index contributed by atoms with van der Waals surface area (Å²) in [5, 5.41) is 7.55. The molecule has 0 bridgehead atoms. The van der Waals surface area contributed by atoms with E-state index in [0.29, 0.717) is 22.8 Å². The van der Waals surface area contributed by atoms with Crippen molar-refractivity contribution in [3.63, 3.8) is 0 Å². The molecule has 0 saturated carbocycles. The first-order chi connectivity index (χ1) is 9.72. The molecule has 2 heterocycles. The Morgan fingerprint density at radius 2 is 1.90 bits per heavy atom. The van der Waals surface area contributed by atoms with Crippen LogP contribution in [0.2, 0.25) is 0 Å². The van der Waals surface area contributed by atoms with Gasteiger partial charge in [0.05, 0.1) is 31.5 Å². The van der Waals surface area contributed by atoms with Gasteiger partial charge in [-0.3, -0.25) is 5.10 Å². The minimum absolute atomic E-state index is 0.187. The van der Waals surface area contributed by atoms with E-state index in [9.17, 15) is 0 Å². The van der Waals surface area contributed by atoms with Crippen molar-refractivity contribution in [2.24, 2.45) is 0 Å². The molecule has 7 nitrogen and oxygen atoms in total. The Morgan fingerprint density at radius 1 is 1.10 bits per heavy atom. The Kier molecular flexibility index (Phi) is 2.86. The lowest BCUT2D eigenvalue weighted by atomic mass is 10.1. The van der Waals surface area contributed by atoms with Gasteiger partial charge < -0.3 is 15.2 Å². The third kappa shape index (κ3) is 1.89. The molecule has 1 aromatic carbocycles. The van der Waals surface area contributed by atoms with Crippen molar-refractivity contribution >= 4 is 17.0 Å². The normalized spacial score (nSPS) is 10.7. The highest BCUT2D eigenvalue weighted by atomic mass is 16.5. The number of nitrogens with two attached hydrogens (primary N) is 1. The smallest absolute Gasteiger partial charge is 0.222 e. The SMILES string of the molecule is COc1ccc(-c2nc(N)nc3[nH]ncc23)cc1OC. The van der Waals surface area contributed by atoms with Crippen LogP contribution in [0.15, 0.2) is 24.4 Å². The number of hydrogen-bond donors (Lipinski definition) is 2. The third-order valence-electron chi connectivity index (χ3n) is 2.98. The molecule has 0 spiro atoms. The van der Waals surface area contributed by atoms with E-state index in [4.69, 9.17) is 15.2 Å². The van der Waals surface area contributed by atoms with Crippen LogP contribution in [0.5, 0.6) is 11.5 Å². The molecule has 0 fully saturated rings. The highest BCUT2D eigenvalue weighted by molar-refractivity contribution is 5.91. The summed E-state index contributed by atoms with van der Waals surface area (Å²) in [6, 6.07) is 5.54.